The summed E-state index contributed by atoms with van der Waals surface area (Å²) in [6, 6.07) is 4.30. The van der Waals surface area contributed by atoms with Crippen molar-refractivity contribution >= 4 is 38.8 Å². The van der Waals surface area contributed by atoms with Crippen molar-refractivity contribution in [1.82, 2.24) is 14.9 Å². The molecule has 0 unspecified atom stereocenters. The Morgan fingerprint density at radius 3 is 2.89 bits per heavy atom. The molecule has 1 aliphatic rings. The number of hydrogen-bond donors (Lipinski definition) is 1. The Morgan fingerprint density at radius 1 is 1.33 bits per heavy atom. The number of aromatic nitrogens is 2. The molecule has 4 rings (SSSR count). The van der Waals surface area contributed by atoms with E-state index < -0.39 is 0 Å². The SMILES string of the molecule is Cc1ccc(-c2csc3ncn(CC(=O)N[C@@H]4CCCC[C@@H]4C)c(=O)c23)s1. The standard InChI is InChI=1S/C20H23N3O2S2/c1-12-5-3-4-6-15(12)22-17(24)9-23-11-21-19-18(20(23)25)14(10-26-19)16-8-7-13(2)27-16/h7-8,10-12,15H,3-6,9H2,1-2H3,(H,22,24)/t12-,15+/m0/s1. The Hall–Kier alpha value is -1.99. The molecule has 3 aromatic heterocycles. The zero-order valence-electron chi connectivity index (χ0n) is 15.5. The molecule has 0 bridgehead atoms. The van der Waals surface area contributed by atoms with Gasteiger partial charge in [-0.1, -0.05) is 19.8 Å². The predicted molar refractivity (Wildman–Crippen MR) is 111 cm³/mol. The fourth-order valence-electron chi connectivity index (χ4n) is 3.78. The van der Waals surface area contributed by atoms with E-state index >= 15 is 0 Å². The van der Waals surface area contributed by atoms with Crippen molar-refractivity contribution in [3.05, 3.63) is 39.1 Å². The van der Waals surface area contributed by atoms with Gasteiger partial charge in [0, 0.05) is 26.7 Å². The first-order valence-corrected chi connectivity index (χ1v) is 11.1. The van der Waals surface area contributed by atoms with E-state index in [0.29, 0.717) is 11.3 Å². The van der Waals surface area contributed by atoms with Gasteiger partial charge in [-0.3, -0.25) is 14.2 Å². The van der Waals surface area contributed by atoms with Crippen molar-refractivity contribution in [3.63, 3.8) is 0 Å². The minimum Gasteiger partial charge on any atom is -0.352 e. The second-order valence-electron chi connectivity index (χ2n) is 7.35. The molecule has 27 heavy (non-hydrogen) atoms. The van der Waals surface area contributed by atoms with Gasteiger partial charge in [-0.25, -0.2) is 4.98 Å². The summed E-state index contributed by atoms with van der Waals surface area (Å²) in [4.78, 5) is 33.0. The number of nitrogens with zero attached hydrogens (tertiary/aromatic N) is 2. The maximum atomic E-state index is 13.0. The van der Waals surface area contributed by atoms with Gasteiger partial charge in [0.15, 0.2) is 0 Å². The van der Waals surface area contributed by atoms with E-state index in [-0.39, 0.29) is 24.1 Å². The molecular formula is C20H23N3O2S2. The second-order valence-corrected chi connectivity index (χ2v) is 9.50. The van der Waals surface area contributed by atoms with E-state index in [0.717, 1.165) is 34.5 Å². The second kappa shape index (κ2) is 7.56. The van der Waals surface area contributed by atoms with Crippen LogP contribution in [0.3, 0.4) is 0 Å². The lowest BCUT2D eigenvalue weighted by atomic mass is 9.86. The van der Waals surface area contributed by atoms with Crippen LogP contribution < -0.4 is 10.9 Å². The van der Waals surface area contributed by atoms with E-state index in [9.17, 15) is 9.59 Å². The van der Waals surface area contributed by atoms with E-state index in [4.69, 9.17) is 0 Å². The number of carbonyl (C=O) groups is 1. The third kappa shape index (κ3) is 3.71. The topological polar surface area (TPSA) is 64.0 Å². The predicted octanol–water partition coefficient (Wildman–Crippen LogP) is 4.19. The number of amides is 1. The molecule has 1 amide bonds. The molecule has 3 aromatic rings. The molecule has 0 radical (unpaired) electrons. The van der Waals surface area contributed by atoms with Crippen molar-refractivity contribution in [2.75, 3.05) is 0 Å². The van der Waals surface area contributed by atoms with Crippen LogP contribution in [0.2, 0.25) is 0 Å². The number of fused-ring (bicyclic) bond motifs is 1. The number of aryl methyl sites for hydroxylation is 1. The molecule has 0 aromatic carbocycles. The average molecular weight is 402 g/mol. The minimum atomic E-state index is -0.144. The van der Waals surface area contributed by atoms with Gasteiger partial charge in [-0.15, -0.1) is 22.7 Å². The lowest BCUT2D eigenvalue weighted by molar-refractivity contribution is -0.123. The maximum Gasteiger partial charge on any atom is 0.263 e. The molecule has 0 spiro atoms. The minimum absolute atomic E-state index is 0.0176. The quantitative estimate of drug-likeness (QED) is 0.713. The zero-order chi connectivity index (χ0) is 19.0. The van der Waals surface area contributed by atoms with Crippen LogP contribution in [0, 0.1) is 12.8 Å². The number of thiophene rings is 2. The summed E-state index contributed by atoms with van der Waals surface area (Å²) in [6.45, 7) is 4.25. The normalized spacial score (nSPS) is 20.1. The first-order valence-electron chi connectivity index (χ1n) is 9.35. The van der Waals surface area contributed by atoms with Crippen molar-refractivity contribution in [1.29, 1.82) is 0 Å². The molecule has 1 aliphatic carbocycles. The van der Waals surface area contributed by atoms with Crippen LogP contribution >= 0.6 is 22.7 Å². The fourth-order valence-corrected chi connectivity index (χ4v) is 5.64. The molecule has 142 valence electrons. The molecule has 1 fully saturated rings. The van der Waals surface area contributed by atoms with Crippen LogP contribution in [0.25, 0.3) is 20.7 Å². The summed E-state index contributed by atoms with van der Waals surface area (Å²) in [5.74, 6) is 0.381. The molecule has 7 heteroatoms. The smallest absolute Gasteiger partial charge is 0.263 e. The largest absolute Gasteiger partial charge is 0.352 e. The third-order valence-electron chi connectivity index (χ3n) is 5.34. The zero-order valence-corrected chi connectivity index (χ0v) is 17.2. The van der Waals surface area contributed by atoms with Gasteiger partial charge in [0.2, 0.25) is 5.91 Å². The van der Waals surface area contributed by atoms with Crippen molar-refractivity contribution in [2.45, 2.75) is 52.1 Å². The third-order valence-corrected chi connectivity index (χ3v) is 7.26. The summed E-state index contributed by atoms with van der Waals surface area (Å²) >= 11 is 3.13. The van der Waals surface area contributed by atoms with Gasteiger partial charge in [0.1, 0.15) is 11.4 Å². The summed E-state index contributed by atoms with van der Waals surface area (Å²) in [7, 11) is 0. The van der Waals surface area contributed by atoms with E-state index in [1.54, 1.807) is 11.3 Å². The number of nitrogens with one attached hydrogen (secondary N) is 1. The summed E-state index contributed by atoms with van der Waals surface area (Å²) in [5, 5.41) is 5.71. The molecule has 1 saturated carbocycles. The van der Waals surface area contributed by atoms with E-state index in [2.05, 4.69) is 30.2 Å². The van der Waals surface area contributed by atoms with Gasteiger partial charge in [-0.05, 0) is 37.8 Å². The summed E-state index contributed by atoms with van der Waals surface area (Å²) in [5.41, 5.74) is 0.774. The van der Waals surface area contributed by atoms with Crippen LogP contribution in [0.5, 0.6) is 0 Å². The Balaban J connectivity index is 1.60. The van der Waals surface area contributed by atoms with Gasteiger partial charge >= 0.3 is 0 Å². The Bertz CT molecular complexity index is 1030. The van der Waals surface area contributed by atoms with Crippen molar-refractivity contribution < 1.29 is 4.79 Å². The van der Waals surface area contributed by atoms with Gasteiger partial charge < -0.3 is 5.32 Å². The van der Waals surface area contributed by atoms with Gasteiger partial charge in [-0.2, -0.15) is 0 Å². The molecule has 3 heterocycles. The first-order chi connectivity index (χ1) is 13.0. The highest BCUT2D eigenvalue weighted by Crippen LogP contribution is 2.34. The molecule has 0 aliphatic heterocycles. The molecule has 0 saturated heterocycles. The van der Waals surface area contributed by atoms with Gasteiger partial charge in [0.25, 0.3) is 5.56 Å². The maximum absolute atomic E-state index is 13.0. The van der Waals surface area contributed by atoms with Gasteiger partial charge in [0.05, 0.1) is 11.7 Å². The van der Waals surface area contributed by atoms with E-state index in [1.807, 2.05) is 11.4 Å². The lowest BCUT2D eigenvalue weighted by Gasteiger charge is -2.29. The Labute approximate surface area is 166 Å². The highest BCUT2D eigenvalue weighted by atomic mass is 32.1. The molecule has 2 atom stereocenters. The van der Waals surface area contributed by atoms with Crippen molar-refractivity contribution in [2.24, 2.45) is 5.92 Å². The fraction of sp³-hybridized carbons (Fsp3) is 0.450. The lowest BCUT2D eigenvalue weighted by Crippen LogP contribution is -2.43. The van der Waals surface area contributed by atoms with Crippen LogP contribution in [-0.2, 0) is 11.3 Å². The van der Waals surface area contributed by atoms with Crippen LogP contribution in [-0.4, -0.2) is 21.5 Å². The number of rotatable bonds is 4. The van der Waals surface area contributed by atoms with Crippen LogP contribution in [0.1, 0.15) is 37.5 Å². The van der Waals surface area contributed by atoms with Crippen LogP contribution in [0.15, 0.2) is 28.6 Å². The van der Waals surface area contributed by atoms with E-state index in [1.165, 1.54) is 33.5 Å². The average Bonchev–Trinajstić information content (AvgIpc) is 3.26. The summed E-state index contributed by atoms with van der Waals surface area (Å²) < 4.78 is 1.43. The Morgan fingerprint density at radius 2 is 2.15 bits per heavy atom. The molecular weight excluding hydrogens is 378 g/mol. The number of carbonyl (C=O) groups excluding carboxylic acids is 1. The Kier molecular flexibility index (Phi) is 5.14. The first kappa shape index (κ1) is 18.4. The van der Waals surface area contributed by atoms with Crippen LogP contribution in [0.4, 0.5) is 0 Å². The van der Waals surface area contributed by atoms with Crippen molar-refractivity contribution in [3.8, 4) is 10.4 Å². The highest BCUT2D eigenvalue weighted by Gasteiger charge is 2.23. The highest BCUT2D eigenvalue weighted by molar-refractivity contribution is 7.19. The molecule has 1 N–H and O–H groups in total. The summed E-state index contributed by atoms with van der Waals surface area (Å²) in [6.07, 6.45) is 6.05. The molecule has 5 nitrogen and oxygen atoms in total. The number of hydrogen-bond acceptors (Lipinski definition) is 5. The monoisotopic (exact) mass is 401 g/mol.